The first-order valence-corrected chi connectivity index (χ1v) is 4.96. The molecule has 0 heterocycles. The molecule has 0 saturated carbocycles. The minimum atomic E-state index is -4.48. The van der Waals surface area contributed by atoms with E-state index in [1.807, 2.05) is 5.32 Å². The van der Waals surface area contributed by atoms with Crippen molar-refractivity contribution in [3.8, 4) is 0 Å². The number of hydrogen-bond acceptors (Lipinski definition) is 2. The van der Waals surface area contributed by atoms with Crippen LogP contribution in [0.5, 0.6) is 0 Å². The van der Waals surface area contributed by atoms with Crippen LogP contribution in [0.3, 0.4) is 0 Å². The third kappa shape index (κ3) is 5.37. The van der Waals surface area contributed by atoms with Crippen molar-refractivity contribution in [1.29, 1.82) is 0 Å². The van der Waals surface area contributed by atoms with Crippen molar-refractivity contribution in [1.82, 2.24) is 10.2 Å². The summed E-state index contributed by atoms with van der Waals surface area (Å²) in [6.07, 6.45) is -3.76. The van der Waals surface area contributed by atoms with E-state index in [2.05, 4.69) is 6.58 Å². The van der Waals surface area contributed by atoms with E-state index in [1.54, 1.807) is 0 Å². The zero-order valence-corrected chi connectivity index (χ0v) is 9.67. The van der Waals surface area contributed by atoms with Gasteiger partial charge in [0.25, 0.3) is 0 Å². The summed E-state index contributed by atoms with van der Waals surface area (Å²) >= 11 is 0. The van der Waals surface area contributed by atoms with Crippen LogP contribution in [0, 0.1) is 0 Å². The highest BCUT2D eigenvalue weighted by molar-refractivity contribution is 5.90. The molecule has 0 fully saturated rings. The van der Waals surface area contributed by atoms with Crippen molar-refractivity contribution in [3.05, 3.63) is 12.7 Å². The second-order valence-electron chi connectivity index (χ2n) is 3.47. The number of amides is 2. The maximum atomic E-state index is 12.3. The quantitative estimate of drug-likeness (QED) is 0.744. The first-order valence-electron chi connectivity index (χ1n) is 4.96. The van der Waals surface area contributed by atoms with Gasteiger partial charge in [-0.05, 0) is 12.5 Å². The van der Waals surface area contributed by atoms with Crippen molar-refractivity contribution >= 4 is 11.8 Å². The summed E-state index contributed by atoms with van der Waals surface area (Å²) in [4.78, 5) is 23.2. The lowest BCUT2D eigenvalue weighted by Crippen LogP contribution is -2.48. The second kappa shape index (κ2) is 6.27. The lowest BCUT2D eigenvalue weighted by atomic mass is 10.2. The molecule has 0 saturated heterocycles. The first kappa shape index (κ1) is 15.5. The zero-order chi connectivity index (χ0) is 13.6. The SMILES string of the molecule is C=CC(=O)N(C)CC(=O)NC(CC)C(F)(F)F. The molecular formula is C10H15F3N2O2. The Labute approximate surface area is 97.5 Å². The molecule has 0 aliphatic heterocycles. The average molecular weight is 252 g/mol. The number of likely N-dealkylation sites (N-methyl/N-ethyl adjacent to an activating group) is 1. The number of hydrogen-bond donors (Lipinski definition) is 1. The third-order valence-electron chi connectivity index (χ3n) is 2.07. The van der Waals surface area contributed by atoms with Crippen molar-refractivity contribution < 1.29 is 22.8 Å². The smallest absolute Gasteiger partial charge is 0.343 e. The molecular weight excluding hydrogens is 237 g/mol. The summed E-state index contributed by atoms with van der Waals surface area (Å²) in [5.74, 6) is -1.38. The predicted octanol–water partition coefficient (Wildman–Crippen LogP) is 1.09. The van der Waals surface area contributed by atoms with Gasteiger partial charge < -0.3 is 10.2 Å². The molecule has 1 N–H and O–H groups in total. The fraction of sp³-hybridized carbons (Fsp3) is 0.600. The molecule has 1 atom stereocenters. The summed E-state index contributed by atoms with van der Waals surface area (Å²) in [6, 6.07) is -1.89. The molecule has 17 heavy (non-hydrogen) atoms. The maximum Gasteiger partial charge on any atom is 0.408 e. The highest BCUT2D eigenvalue weighted by Crippen LogP contribution is 2.22. The highest BCUT2D eigenvalue weighted by atomic mass is 19.4. The van der Waals surface area contributed by atoms with E-state index in [0.29, 0.717) is 0 Å². The van der Waals surface area contributed by atoms with E-state index in [9.17, 15) is 22.8 Å². The van der Waals surface area contributed by atoms with Crippen LogP contribution >= 0.6 is 0 Å². The Morgan fingerprint density at radius 2 is 2.00 bits per heavy atom. The number of carbonyl (C=O) groups excluding carboxylic acids is 2. The number of carbonyl (C=O) groups is 2. The Bertz CT molecular complexity index is 302. The van der Waals surface area contributed by atoms with Crippen molar-refractivity contribution in [2.24, 2.45) is 0 Å². The molecule has 0 rings (SSSR count). The molecule has 0 spiro atoms. The molecule has 0 aromatic heterocycles. The molecule has 98 valence electrons. The minimum Gasteiger partial charge on any atom is -0.343 e. The Morgan fingerprint density at radius 1 is 1.47 bits per heavy atom. The van der Waals surface area contributed by atoms with Crippen molar-refractivity contribution in [3.63, 3.8) is 0 Å². The van der Waals surface area contributed by atoms with Gasteiger partial charge in [-0.1, -0.05) is 13.5 Å². The fourth-order valence-corrected chi connectivity index (χ4v) is 1.10. The van der Waals surface area contributed by atoms with Gasteiger partial charge >= 0.3 is 6.18 Å². The van der Waals surface area contributed by atoms with Crippen LogP contribution in [0.15, 0.2) is 12.7 Å². The van der Waals surface area contributed by atoms with E-state index >= 15 is 0 Å². The average Bonchev–Trinajstić information content (AvgIpc) is 2.22. The van der Waals surface area contributed by atoms with Crippen LogP contribution < -0.4 is 5.32 Å². The van der Waals surface area contributed by atoms with Crippen LogP contribution in [0.2, 0.25) is 0 Å². The number of alkyl halides is 3. The molecule has 1 unspecified atom stereocenters. The molecule has 0 aromatic rings. The standard InChI is InChI=1S/C10H15F3N2O2/c1-4-7(10(11,12)13)14-8(16)6-15(3)9(17)5-2/h5,7H,2,4,6H2,1,3H3,(H,14,16). The number of nitrogens with zero attached hydrogens (tertiary/aromatic N) is 1. The zero-order valence-electron chi connectivity index (χ0n) is 9.67. The van der Waals surface area contributed by atoms with Crippen LogP contribution in [-0.2, 0) is 9.59 Å². The molecule has 2 amide bonds. The second-order valence-corrected chi connectivity index (χ2v) is 3.47. The Morgan fingerprint density at radius 3 is 2.35 bits per heavy atom. The third-order valence-corrected chi connectivity index (χ3v) is 2.07. The normalized spacial score (nSPS) is 12.8. The number of nitrogens with one attached hydrogen (secondary N) is 1. The van der Waals surface area contributed by atoms with Gasteiger partial charge in [0.1, 0.15) is 6.04 Å². The van der Waals surface area contributed by atoms with Gasteiger partial charge in [0, 0.05) is 7.05 Å². The van der Waals surface area contributed by atoms with Gasteiger partial charge in [-0.25, -0.2) is 0 Å². The van der Waals surface area contributed by atoms with E-state index < -0.39 is 30.6 Å². The van der Waals surface area contributed by atoms with Crippen LogP contribution in [0.4, 0.5) is 13.2 Å². The fourth-order valence-electron chi connectivity index (χ4n) is 1.10. The monoisotopic (exact) mass is 252 g/mol. The molecule has 0 bridgehead atoms. The van der Waals surface area contributed by atoms with Gasteiger partial charge in [0.05, 0.1) is 6.54 Å². The minimum absolute atomic E-state index is 0.256. The summed E-state index contributed by atoms with van der Waals surface area (Å²) < 4.78 is 37.0. The molecule has 0 aliphatic rings. The van der Waals surface area contributed by atoms with E-state index in [0.717, 1.165) is 11.0 Å². The molecule has 4 nitrogen and oxygen atoms in total. The summed E-state index contributed by atoms with van der Waals surface area (Å²) in [6.45, 7) is 4.09. The molecule has 0 aromatic carbocycles. The van der Waals surface area contributed by atoms with Gasteiger partial charge in [0.2, 0.25) is 11.8 Å². The largest absolute Gasteiger partial charge is 0.408 e. The van der Waals surface area contributed by atoms with Crippen molar-refractivity contribution in [2.45, 2.75) is 25.6 Å². The van der Waals surface area contributed by atoms with E-state index in [1.165, 1.54) is 14.0 Å². The van der Waals surface area contributed by atoms with Gasteiger partial charge in [-0.15, -0.1) is 0 Å². The van der Waals surface area contributed by atoms with E-state index in [4.69, 9.17) is 0 Å². The lowest BCUT2D eigenvalue weighted by molar-refractivity contribution is -0.162. The summed E-state index contributed by atoms with van der Waals surface area (Å²) in [7, 11) is 1.30. The van der Waals surface area contributed by atoms with Gasteiger partial charge in [-0.2, -0.15) is 13.2 Å². The maximum absolute atomic E-state index is 12.3. The van der Waals surface area contributed by atoms with Crippen LogP contribution in [0.1, 0.15) is 13.3 Å². The van der Waals surface area contributed by atoms with Gasteiger partial charge in [0.15, 0.2) is 0 Å². The van der Waals surface area contributed by atoms with Gasteiger partial charge in [-0.3, -0.25) is 9.59 Å². The lowest BCUT2D eigenvalue weighted by Gasteiger charge is -2.21. The Balaban J connectivity index is 4.35. The molecule has 0 radical (unpaired) electrons. The number of rotatable bonds is 5. The Kier molecular flexibility index (Phi) is 5.70. The van der Waals surface area contributed by atoms with Crippen LogP contribution in [0.25, 0.3) is 0 Å². The van der Waals surface area contributed by atoms with Crippen LogP contribution in [-0.4, -0.2) is 42.5 Å². The number of halogens is 3. The highest BCUT2D eigenvalue weighted by Gasteiger charge is 2.39. The topological polar surface area (TPSA) is 49.4 Å². The molecule has 0 aliphatic carbocycles. The molecule has 7 heteroatoms. The summed E-state index contributed by atoms with van der Waals surface area (Å²) in [5, 5.41) is 1.82. The summed E-state index contributed by atoms with van der Waals surface area (Å²) in [5.41, 5.74) is 0. The Hall–Kier alpha value is -1.53. The first-order chi connectivity index (χ1) is 7.72. The predicted molar refractivity (Wildman–Crippen MR) is 56.1 cm³/mol. The van der Waals surface area contributed by atoms with Crippen molar-refractivity contribution in [2.75, 3.05) is 13.6 Å². The van der Waals surface area contributed by atoms with E-state index in [-0.39, 0.29) is 6.42 Å².